The number of aromatic amines is 1. The highest BCUT2D eigenvalue weighted by molar-refractivity contribution is 6.13. The van der Waals surface area contributed by atoms with Crippen molar-refractivity contribution in [1.82, 2.24) is 9.55 Å². The van der Waals surface area contributed by atoms with Crippen LogP contribution in [0.4, 0.5) is 0 Å². The summed E-state index contributed by atoms with van der Waals surface area (Å²) in [5, 5.41) is 6.37. The predicted molar refractivity (Wildman–Crippen MR) is 110 cm³/mol. The van der Waals surface area contributed by atoms with Crippen molar-refractivity contribution in [3.63, 3.8) is 0 Å². The van der Waals surface area contributed by atoms with Gasteiger partial charge in [0, 0.05) is 39.1 Å². The molecule has 0 fully saturated rings. The van der Waals surface area contributed by atoms with Gasteiger partial charge in [-0.2, -0.15) is 0 Å². The van der Waals surface area contributed by atoms with Gasteiger partial charge in [0.15, 0.2) is 0 Å². The number of H-pyrrole nitrogens is 1. The largest absolute Gasteiger partial charge is 0.354 e. The maximum absolute atomic E-state index is 3.55. The lowest BCUT2D eigenvalue weighted by atomic mass is 10.0. The number of hydrogen-bond acceptors (Lipinski definition) is 0. The first kappa shape index (κ1) is 13.7. The zero-order valence-corrected chi connectivity index (χ0v) is 14.1. The molecule has 0 saturated heterocycles. The molecule has 2 nitrogen and oxygen atoms in total. The number of benzene rings is 4. The summed E-state index contributed by atoms with van der Waals surface area (Å²) >= 11 is 0. The minimum Gasteiger partial charge on any atom is -0.354 e. The van der Waals surface area contributed by atoms with E-state index in [1.807, 2.05) is 0 Å². The highest BCUT2D eigenvalue weighted by atomic mass is 15.0. The molecule has 2 aromatic heterocycles. The van der Waals surface area contributed by atoms with Crippen LogP contribution in [0.25, 0.3) is 49.2 Å². The van der Waals surface area contributed by atoms with Gasteiger partial charge in [-0.05, 0) is 59.3 Å². The van der Waals surface area contributed by atoms with Crippen molar-refractivity contribution in [1.29, 1.82) is 0 Å². The van der Waals surface area contributed by atoms with Crippen molar-refractivity contribution in [3.05, 3.63) is 91.1 Å². The molecule has 2 heterocycles. The SMILES string of the molecule is c1ccc(-n2ccc3cc4cc5c(cc4cc32)[nH]c2ccccc25)cc1. The Kier molecular flexibility index (Phi) is 2.64. The normalized spacial score (nSPS) is 11.8. The second-order valence-electron chi connectivity index (χ2n) is 6.85. The van der Waals surface area contributed by atoms with E-state index in [0.29, 0.717) is 0 Å². The van der Waals surface area contributed by atoms with Crippen LogP contribution >= 0.6 is 0 Å². The molecular weight excluding hydrogens is 316 g/mol. The summed E-state index contributed by atoms with van der Waals surface area (Å²) in [5.41, 5.74) is 4.81. The summed E-state index contributed by atoms with van der Waals surface area (Å²) in [6, 6.07) is 30.4. The zero-order valence-electron chi connectivity index (χ0n) is 14.1. The van der Waals surface area contributed by atoms with Crippen LogP contribution in [-0.4, -0.2) is 9.55 Å². The van der Waals surface area contributed by atoms with E-state index < -0.39 is 0 Å². The number of rotatable bonds is 1. The zero-order chi connectivity index (χ0) is 17.1. The molecule has 1 N–H and O–H groups in total. The fourth-order valence-electron chi connectivity index (χ4n) is 4.04. The molecular formula is C24H16N2. The topological polar surface area (TPSA) is 20.7 Å². The van der Waals surface area contributed by atoms with E-state index in [1.165, 1.54) is 49.2 Å². The third-order valence-corrected chi connectivity index (χ3v) is 5.31. The molecule has 0 aliphatic carbocycles. The molecule has 6 rings (SSSR count). The van der Waals surface area contributed by atoms with Crippen LogP contribution in [0.15, 0.2) is 91.1 Å². The highest BCUT2D eigenvalue weighted by Crippen LogP contribution is 2.32. The Labute approximate surface area is 150 Å². The summed E-state index contributed by atoms with van der Waals surface area (Å²) in [5.74, 6) is 0. The standard InChI is InChI=1S/C24H16N2/c1-2-6-19(7-3-1)26-11-10-16-12-17-13-21-20-8-4-5-9-22(20)25-23(21)14-18(17)15-24(16)26/h1-15,25H. The van der Waals surface area contributed by atoms with E-state index in [2.05, 4.69) is 101 Å². The number of fused-ring (bicyclic) bond motifs is 5. The summed E-state index contributed by atoms with van der Waals surface area (Å²) in [7, 11) is 0. The second kappa shape index (κ2) is 4.99. The monoisotopic (exact) mass is 332 g/mol. The van der Waals surface area contributed by atoms with Crippen LogP contribution in [0.3, 0.4) is 0 Å². The molecule has 0 atom stereocenters. The van der Waals surface area contributed by atoms with Gasteiger partial charge in [-0.3, -0.25) is 0 Å². The maximum Gasteiger partial charge on any atom is 0.0534 e. The van der Waals surface area contributed by atoms with Crippen molar-refractivity contribution in [2.24, 2.45) is 0 Å². The Bertz CT molecular complexity index is 1420. The average molecular weight is 332 g/mol. The third kappa shape index (κ3) is 1.87. The summed E-state index contributed by atoms with van der Waals surface area (Å²) < 4.78 is 2.25. The fourth-order valence-corrected chi connectivity index (χ4v) is 4.04. The van der Waals surface area contributed by atoms with Crippen molar-refractivity contribution in [2.45, 2.75) is 0 Å². The molecule has 122 valence electrons. The number of nitrogens with one attached hydrogen (secondary N) is 1. The van der Waals surface area contributed by atoms with Gasteiger partial charge in [0.1, 0.15) is 0 Å². The predicted octanol–water partition coefficient (Wildman–Crippen LogP) is 6.42. The summed E-state index contributed by atoms with van der Waals surface area (Å²) in [4.78, 5) is 3.55. The molecule has 0 aliphatic rings. The van der Waals surface area contributed by atoms with Gasteiger partial charge < -0.3 is 9.55 Å². The first-order chi connectivity index (χ1) is 12.9. The molecule has 0 amide bonds. The molecule has 4 aromatic carbocycles. The molecule has 2 heteroatoms. The molecule has 0 spiro atoms. The third-order valence-electron chi connectivity index (χ3n) is 5.31. The van der Waals surface area contributed by atoms with E-state index in [0.717, 1.165) is 0 Å². The number of hydrogen-bond donors (Lipinski definition) is 1. The van der Waals surface area contributed by atoms with Crippen LogP contribution in [0.1, 0.15) is 0 Å². The number of para-hydroxylation sites is 2. The minimum absolute atomic E-state index is 1.19. The Hall–Kier alpha value is -3.52. The number of nitrogens with zero attached hydrogens (tertiary/aromatic N) is 1. The molecule has 0 bridgehead atoms. The lowest BCUT2D eigenvalue weighted by Crippen LogP contribution is -1.90. The van der Waals surface area contributed by atoms with Crippen LogP contribution in [0.5, 0.6) is 0 Å². The second-order valence-corrected chi connectivity index (χ2v) is 6.85. The Morgan fingerprint density at radius 1 is 0.577 bits per heavy atom. The molecule has 0 unspecified atom stereocenters. The lowest BCUT2D eigenvalue weighted by Gasteiger charge is -2.07. The van der Waals surface area contributed by atoms with Crippen molar-refractivity contribution < 1.29 is 0 Å². The van der Waals surface area contributed by atoms with Gasteiger partial charge >= 0.3 is 0 Å². The van der Waals surface area contributed by atoms with Gasteiger partial charge in [0.05, 0.1) is 5.52 Å². The van der Waals surface area contributed by atoms with Crippen molar-refractivity contribution in [2.75, 3.05) is 0 Å². The minimum atomic E-state index is 1.19. The van der Waals surface area contributed by atoms with Gasteiger partial charge in [-0.25, -0.2) is 0 Å². The number of aromatic nitrogens is 2. The van der Waals surface area contributed by atoms with Gasteiger partial charge in [0.2, 0.25) is 0 Å². The quantitative estimate of drug-likeness (QED) is 0.359. The van der Waals surface area contributed by atoms with Crippen LogP contribution in [-0.2, 0) is 0 Å². The van der Waals surface area contributed by atoms with E-state index >= 15 is 0 Å². The van der Waals surface area contributed by atoms with E-state index in [1.54, 1.807) is 0 Å². The Balaban J connectivity index is 1.68. The lowest BCUT2D eigenvalue weighted by molar-refractivity contribution is 1.13. The van der Waals surface area contributed by atoms with Gasteiger partial charge in [-0.15, -0.1) is 0 Å². The Morgan fingerprint density at radius 3 is 2.31 bits per heavy atom. The van der Waals surface area contributed by atoms with Crippen molar-refractivity contribution >= 4 is 43.5 Å². The molecule has 0 aliphatic heterocycles. The van der Waals surface area contributed by atoms with E-state index in [9.17, 15) is 0 Å². The average Bonchev–Trinajstić information content (AvgIpc) is 3.25. The Morgan fingerprint density at radius 2 is 1.38 bits per heavy atom. The maximum atomic E-state index is 3.55. The molecule has 6 aromatic rings. The summed E-state index contributed by atoms with van der Waals surface area (Å²) in [6.45, 7) is 0. The van der Waals surface area contributed by atoms with E-state index in [4.69, 9.17) is 0 Å². The highest BCUT2D eigenvalue weighted by Gasteiger charge is 2.09. The molecule has 0 saturated carbocycles. The first-order valence-electron chi connectivity index (χ1n) is 8.87. The van der Waals surface area contributed by atoms with Crippen LogP contribution < -0.4 is 0 Å². The first-order valence-corrected chi connectivity index (χ1v) is 8.87. The van der Waals surface area contributed by atoms with Crippen LogP contribution in [0, 0.1) is 0 Å². The van der Waals surface area contributed by atoms with Crippen molar-refractivity contribution in [3.8, 4) is 5.69 Å². The summed E-state index contributed by atoms with van der Waals surface area (Å²) in [6.07, 6.45) is 2.15. The smallest absolute Gasteiger partial charge is 0.0534 e. The van der Waals surface area contributed by atoms with Gasteiger partial charge in [-0.1, -0.05) is 36.4 Å². The fraction of sp³-hybridized carbons (Fsp3) is 0. The van der Waals surface area contributed by atoms with Gasteiger partial charge in [0.25, 0.3) is 0 Å². The molecule has 0 radical (unpaired) electrons. The van der Waals surface area contributed by atoms with E-state index in [-0.39, 0.29) is 0 Å². The van der Waals surface area contributed by atoms with Crippen LogP contribution in [0.2, 0.25) is 0 Å². The molecule has 26 heavy (non-hydrogen) atoms.